The molecule has 0 saturated carbocycles. The first-order valence-electron chi connectivity index (χ1n) is 23.6. The average Bonchev–Trinajstić information content (AvgIpc) is 3.61. The van der Waals surface area contributed by atoms with Crippen LogP contribution in [0.25, 0.3) is 11.1 Å². The van der Waals surface area contributed by atoms with Crippen LogP contribution >= 0.6 is 0 Å². The molecule has 5 amide bonds. The molecule has 366 valence electrons. The van der Waals surface area contributed by atoms with Crippen LogP contribution in [-0.4, -0.2) is 159 Å². The van der Waals surface area contributed by atoms with E-state index in [4.69, 9.17) is 23.7 Å². The Morgan fingerprint density at radius 2 is 1.26 bits per heavy atom. The monoisotopic (exact) mass is 947 g/mol. The molecule has 1 atom stereocenters. The summed E-state index contributed by atoms with van der Waals surface area (Å²) < 4.78 is 28.6. The van der Waals surface area contributed by atoms with Crippen molar-refractivity contribution < 1.29 is 57.9 Å². The Balaban J connectivity index is 0.695. The van der Waals surface area contributed by atoms with Crippen molar-refractivity contribution >= 4 is 46.4 Å². The Bertz CT molecular complexity index is 2420. The summed E-state index contributed by atoms with van der Waals surface area (Å²) in [5.41, 5.74) is 6.06. The second-order valence-electron chi connectivity index (χ2n) is 16.7. The van der Waals surface area contributed by atoms with Crippen LogP contribution in [0.1, 0.15) is 70.0 Å². The molecular formula is C52H61N5O12. The molecule has 2 fully saturated rings. The van der Waals surface area contributed by atoms with Crippen LogP contribution in [0, 0.1) is 0 Å². The quantitative estimate of drug-likeness (QED) is 0.0394. The summed E-state index contributed by atoms with van der Waals surface area (Å²) in [4.78, 5) is 68.1. The standard InChI is InChI=1S/C52H61N5O12/c1-2-42(36-6-12-39(58)13-7-36)48(37-8-14-40(59)15-9-37)38-10-16-41(17-11-38)69-29-26-55-22-24-56(25-23-55)47(61)20-27-65-30-32-67-34-35-68-33-31-66-28-21-53-44-5-3-4-43-49(44)52(64)57(51(43)63)45-18-19-46(60)54-50(45)62/h3-17,45,53,58-59H,2,18-35H2,1H3,(H,54,60,62). The minimum absolute atomic E-state index is 0.0561. The number of carbonyl (C=O) groups excluding carboxylic acids is 5. The van der Waals surface area contributed by atoms with E-state index in [-0.39, 0.29) is 41.4 Å². The van der Waals surface area contributed by atoms with Gasteiger partial charge in [0.05, 0.1) is 70.4 Å². The lowest BCUT2D eigenvalue weighted by Crippen LogP contribution is -2.54. The van der Waals surface area contributed by atoms with E-state index in [9.17, 15) is 34.2 Å². The van der Waals surface area contributed by atoms with Gasteiger partial charge in [0.15, 0.2) is 0 Å². The fourth-order valence-corrected chi connectivity index (χ4v) is 8.56. The number of phenolic OH excluding ortho intramolecular Hbond substituents is 2. The molecule has 4 aromatic carbocycles. The number of anilines is 1. The number of ether oxygens (including phenoxy) is 5. The molecule has 3 heterocycles. The summed E-state index contributed by atoms with van der Waals surface area (Å²) in [6.45, 7) is 9.45. The zero-order valence-corrected chi connectivity index (χ0v) is 39.0. The highest BCUT2D eigenvalue weighted by Gasteiger charge is 2.45. The zero-order chi connectivity index (χ0) is 48.5. The number of piperidine rings is 1. The Hall–Kier alpha value is -6.63. The molecule has 3 aliphatic heterocycles. The van der Waals surface area contributed by atoms with Crippen molar-refractivity contribution in [2.24, 2.45) is 0 Å². The molecule has 69 heavy (non-hydrogen) atoms. The van der Waals surface area contributed by atoms with Gasteiger partial charge in [0.1, 0.15) is 29.9 Å². The lowest BCUT2D eigenvalue weighted by Gasteiger charge is -2.34. The van der Waals surface area contributed by atoms with Crippen molar-refractivity contribution in [3.8, 4) is 17.2 Å². The number of rotatable bonds is 25. The largest absolute Gasteiger partial charge is 0.508 e. The molecule has 2 saturated heterocycles. The lowest BCUT2D eigenvalue weighted by molar-refractivity contribution is -0.136. The summed E-state index contributed by atoms with van der Waals surface area (Å²) in [7, 11) is 0. The van der Waals surface area contributed by atoms with Crippen molar-refractivity contribution in [2.45, 2.75) is 38.6 Å². The van der Waals surface area contributed by atoms with Crippen LogP contribution in [0.15, 0.2) is 91.0 Å². The van der Waals surface area contributed by atoms with Crippen LogP contribution in [0.2, 0.25) is 0 Å². The van der Waals surface area contributed by atoms with E-state index in [1.807, 2.05) is 41.3 Å². The maximum absolute atomic E-state index is 13.2. The number of benzene rings is 4. The van der Waals surface area contributed by atoms with Gasteiger partial charge < -0.3 is 44.1 Å². The fourth-order valence-electron chi connectivity index (χ4n) is 8.56. The SMILES string of the molecule is CCC(=C(c1ccc(O)cc1)c1ccc(OCCN2CCN(C(=O)CCOCCOCCOCCOCCNc3cccc4c3C(=O)N(C3CCC(=O)NC3=O)C4=O)CC2)cc1)c1ccc(O)cc1. The highest BCUT2D eigenvalue weighted by molar-refractivity contribution is 6.25. The molecule has 0 radical (unpaired) electrons. The first-order chi connectivity index (χ1) is 33.6. The van der Waals surface area contributed by atoms with Gasteiger partial charge in [-0.25, -0.2) is 0 Å². The molecule has 4 aromatic rings. The minimum Gasteiger partial charge on any atom is -0.508 e. The van der Waals surface area contributed by atoms with Crippen molar-refractivity contribution in [3.05, 3.63) is 119 Å². The summed E-state index contributed by atoms with van der Waals surface area (Å²) >= 11 is 0. The van der Waals surface area contributed by atoms with E-state index in [0.29, 0.717) is 91.2 Å². The van der Waals surface area contributed by atoms with Gasteiger partial charge >= 0.3 is 0 Å². The number of nitrogens with zero attached hydrogens (tertiary/aromatic N) is 3. The topological polar surface area (TPSA) is 206 Å². The predicted molar refractivity (Wildman–Crippen MR) is 257 cm³/mol. The molecule has 3 aliphatic rings. The second-order valence-corrected chi connectivity index (χ2v) is 16.7. The van der Waals surface area contributed by atoms with Gasteiger partial charge in [-0.05, 0) is 89.2 Å². The third-order valence-electron chi connectivity index (χ3n) is 12.2. The number of fused-ring (bicyclic) bond motifs is 1. The fraction of sp³-hybridized carbons (Fsp3) is 0.404. The lowest BCUT2D eigenvalue weighted by atomic mass is 9.88. The Morgan fingerprint density at radius 1 is 0.681 bits per heavy atom. The van der Waals surface area contributed by atoms with Gasteiger partial charge in [0, 0.05) is 51.4 Å². The van der Waals surface area contributed by atoms with Crippen LogP contribution in [0.4, 0.5) is 5.69 Å². The van der Waals surface area contributed by atoms with Crippen LogP contribution in [0.3, 0.4) is 0 Å². The molecule has 17 heteroatoms. The third-order valence-corrected chi connectivity index (χ3v) is 12.2. The molecule has 0 spiro atoms. The molecule has 17 nitrogen and oxygen atoms in total. The second kappa shape index (κ2) is 25.1. The van der Waals surface area contributed by atoms with Crippen molar-refractivity contribution in [2.75, 3.05) is 104 Å². The highest BCUT2D eigenvalue weighted by Crippen LogP contribution is 2.36. The van der Waals surface area contributed by atoms with Crippen LogP contribution < -0.4 is 15.4 Å². The van der Waals surface area contributed by atoms with Crippen LogP contribution in [-0.2, 0) is 33.3 Å². The molecule has 0 aromatic heterocycles. The molecular weight excluding hydrogens is 887 g/mol. The van der Waals surface area contributed by atoms with E-state index in [1.54, 1.807) is 42.5 Å². The average molecular weight is 948 g/mol. The highest BCUT2D eigenvalue weighted by atomic mass is 16.6. The van der Waals surface area contributed by atoms with Crippen LogP contribution in [0.5, 0.6) is 17.2 Å². The van der Waals surface area contributed by atoms with Gasteiger partial charge in [0.2, 0.25) is 17.7 Å². The van der Waals surface area contributed by atoms with Gasteiger partial charge in [0.25, 0.3) is 11.8 Å². The van der Waals surface area contributed by atoms with Crippen molar-refractivity contribution in [1.29, 1.82) is 0 Å². The molecule has 7 rings (SSSR count). The Morgan fingerprint density at radius 3 is 1.87 bits per heavy atom. The first-order valence-corrected chi connectivity index (χ1v) is 23.6. The number of hydrogen-bond acceptors (Lipinski definition) is 14. The maximum atomic E-state index is 13.2. The van der Waals surface area contributed by atoms with E-state index >= 15 is 0 Å². The molecule has 0 aliphatic carbocycles. The molecule has 0 bridgehead atoms. The van der Waals surface area contributed by atoms with Crippen molar-refractivity contribution in [1.82, 2.24) is 20.0 Å². The van der Waals surface area contributed by atoms with E-state index in [1.165, 1.54) is 0 Å². The number of allylic oxidation sites excluding steroid dienone is 1. The number of phenols is 2. The molecule has 1 unspecified atom stereocenters. The number of hydrogen-bond donors (Lipinski definition) is 4. The van der Waals surface area contributed by atoms with Gasteiger partial charge in [-0.1, -0.05) is 49.4 Å². The number of carbonyl (C=O) groups is 5. The number of imide groups is 2. The smallest absolute Gasteiger partial charge is 0.264 e. The van der Waals surface area contributed by atoms with Gasteiger partial charge in [-0.2, -0.15) is 0 Å². The van der Waals surface area contributed by atoms with Crippen molar-refractivity contribution in [3.63, 3.8) is 0 Å². The summed E-state index contributed by atoms with van der Waals surface area (Å²) in [6, 6.07) is 26.4. The first kappa shape index (κ1) is 50.3. The van der Waals surface area contributed by atoms with E-state index in [2.05, 4.69) is 34.6 Å². The van der Waals surface area contributed by atoms with Gasteiger partial charge in [-0.3, -0.25) is 39.1 Å². The number of amides is 5. The Kier molecular flexibility index (Phi) is 18.3. The molecule has 4 N–H and O–H groups in total. The number of aromatic hydroxyl groups is 2. The van der Waals surface area contributed by atoms with E-state index in [0.717, 1.165) is 64.5 Å². The number of piperazine rings is 1. The minimum atomic E-state index is -1.02. The Labute approximate surface area is 401 Å². The zero-order valence-electron chi connectivity index (χ0n) is 39.0. The maximum Gasteiger partial charge on any atom is 0.264 e. The van der Waals surface area contributed by atoms with E-state index < -0.39 is 29.7 Å². The predicted octanol–water partition coefficient (Wildman–Crippen LogP) is 4.96. The number of nitrogens with one attached hydrogen (secondary N) is 2. The van der Waals surface area contributed by atoms with Gasteiger partial charge in [-0.15, -0.1) is 0 Å². The summed E-state index contributed by atoms with van der Waals surface area (Å²) in [5, 5.41) is 25.2. The summed E-state index contributed by atoms with van der Waals surface area (Å²) in [5.74, 6) is -0.943. The third kappa shape index (κ3) is 13.5. The summed E-state index contributed by atoms with van der Waals surface area (Å²) in [6.07, 6.45) is 1.22. The normalized spacial score (nSPS) is 16.6.